The third-order valence-corrected chi connectivity index (χ3v) is 4.43. The Kier molecular flexibility index (Phi) is 3.67. The molecule has 0 bridgehead atoms. The van der Waals surface area contributed by atoms with Crippen LogP contribution in [-0.4, -0.2) is 15.0 Å². The van der Waals surface area contributed by atoms with Crippen LogP contribution in [0.3, 0.4) is 0 Å². The van der Waals surface area contributed by atoms with E-state index in [1.54, 1.807) is 48.5 Å². The fourth-order valence-corrected chi connectivity index (χ4v) is 3.22. The number of hydrogen-bond donors (Lipinski definition) is 1. The van der Waals surface area contributed by atoms with Gasteiger partial charge in [-0.15, -0.1) is 0 Å². The number of para-hydroxylation sites is 1. The second kappa shape index (κ2) is 5.23. The Morgan fingerprint density at radius 3 is 2.22 bits per heavy atom. The first-order valence-electron chi connectivity index (χ1n) is 5.79. The van der Waals surface area contributed by atoms with Crippen LogP contribution in [0.1, 0.15) is 6.92 Å². The second-order valence-corrected chi connectivity index (χ2v) is 5.76. The summed E-state index contributed by atoms with van der Waals surface area (Å²) in [6.45, 7) is 2.62. The van der Waals surface area contributed by atoms with Crippen LogP contribution < -0.4 is 5.32 Å². The Morgan fingerprint density at radius 2 is 1.56 bits per heavy atom. The molecular weight excluding hydrogens is 246 g/mol. The Balaban J connectivity index is 2.55. The number of nitrogens with one attached hydrogen (secondary N) is 1. The molecular formula is C14H15NO2S. The second-order valence-electron chi connectivity index (χ2n) is 3.84. The van der Waals surface area contributed by atoms with E-state index in [1.807, 2.05) is 13.0 Å². The molecule has 0 fully saturated rings. The summed E-state index contributed by atoms with van der Waals surface area (Å²) < 4.78 is 25.0. The minimum absolute atomic E-state index is 0.315. The molecule has 0 aromatic heterocycles. The maximum Gasteiger partial charge on any atom is 0.208 e. The smallest absolute Gasteiger partial charge is 0.208 e. The fraction of sp³-hybridized carbons (Fsp3) is 0.143. The van der Waals surface area contributed by atoms with Crippen LogP contribution in [0, 0.1) is 0 Å². The highest BCUT2D eigenvalue weighted by Gasteiger charge is 2.20. The topological polar surface area (TPSA) is 46.2 Å². The Morgan fingerprint density at radius 1 is 0.944 bits per heavy atom. The van der Waals surface area contributed by atoms with Crippen molar-refractivity contribution in [1.29, 1.82) is 0 Å². The zero-order valence-corrected chi connectivity index (χ0v) is 10.9. The highest BCUT2D eigenvalue weighted by Crippen LogP contribution is 2.27. The van der Waals surface area contributed by atoms with Crippen molar-refractivity contribution in [3.05, 3.63) is 54.6 Å². The summed E-state index contributed by atoms with van der Waals surface area (Å²) in [5.41, 5.74) is 0.642. The summed E-state index contributed by atoms with van der Waals surface area (Å²) in [5.74, 6) is 0. The molecule has 0 atom stereocenters. The largest absolute Gasteiger partial charge is 0.384 e. The van der Waals surface area contributed by atoms with Crippen molar-refractivity contribution in [2.75, 3.05) is 11.9 Å². The Bertz CT molecular complexity index is 621. The highest BCUT2D eigenvalue weighted by molar-refractivity contribution is 7.91. The third kappa shape index (κ3) is 2.38. The molecule has 0 unspecified atom stereocenters. The molecule has 0 aliphatic heterocycles. The van der Waals surface area contributed by atoms with Gasteiger partial charge in [0.2, 0.25) is 9.84 Å². The lowest BCUT2D eigenvalue weighted by Crippen LogP contribution is -2.07. The normalized spacial score (nSPS) is 11.2. The molecule has 0 heterocycles. The van der Waals surface area contributed by atoms with E-state index in [-0.39, 0.29) is 0 Å². The van der Waals surface area contributed by atoms with Gasteiger partial charge >= 0.3 is 0 Å². The summed E-state index contributed by atoms with van der Waals surface area (Å²) in [5, 5.41) is 3.07. The predicted molar refractivity (Wildman–Crippen MR) is 72.5 cm³/mol. The summed E-state index contributed by atoms with van der Waals surface area (Å²) in [6.07, 6.45) is 0. The van der Waals surface area contributed by atoms with Crippen molar-refractivity contribution >= 4 is 15.5 Å². The molecule has 2 aromatic rings. The van der Waals surface area contributed by atoms with Crippen molar-refractivity contribution in [3.63, 3.8) is 0 Å². The molecule has 0 aliphatic carbocycles. The molecule has 0 saturated heterocycles. The van der Waals surface area contributed by atoms with Crippen molar-refractivity contribution in [2.45, 2.75) is 16.7 Å². The van der Waals surface area contributed by atoms with Gasteiger partial charge in [-0.25, -0.2) is 8.42 Å². The molecule has 94 valence electrons. The van der Waals surface area contributed by atoms with E-state index in [0.29, 0.717) is 22.0 Å². The maximum atomic E-state index is 12.5. The first kappa shape index (κ1) is 12.6. The van der Waals surface area contributed by atoms with Gasteiger partial charge < -0.3 is 5.32 Å². The van der Waals surface area contributed by atoms with Gasteiger partial charge in [-0.3, -0.25) is 0 Å². The zero-order chi connectivity index (χ0) is 13.0. The SMILES string of the molecule is CCNc1ccccc1S(=O)(=O)c1ccccc1. The van der Waals surface area contributed by atoms with E-state index in [2.05, 4.69) is 5.32 Å². The molecule has 2 aromatic carbocycles. The van der Waals surface area contributed by atoms with Crippen molar-refractivity contribution in [1.82, 2.24) is 0 Å². The first-order chi connectivity index (χ1) is 8.66. The predicted octanol–water partition coefficient (Wildman–Crippen LogP) is 2.95. The average Bonchev–Trinajstić information content (AvgIpc) is 2.41. The van der Waals surface area contributed by atoms with Crippen molar-refractivity contribution < 1.29 is 8.42 Å². The van der Waals surface area contributed by atoms with Crippen LogP contribution in [0.2, 0.25) is 0 Å². The lowest BCUT2D eigenvalue weighted by Gasteiger charge is -2.11. The molecule has 0 radical (unpaired) electrons. The molecule has 0 spiro atoms. The lowest BCUT2D eigenvalue weighted by atomic mass is 10.3. The van der Waals surface area contributed by atoms with Gasteiger partial charge in [0.05, 0.1) is 15.5 Å². The van der Waals surface area contributed by atoms with Crippen LogP contribution in [0.15, 0.2) is 64.4 Å². The number of anilines is 1. The number of benzene rings is 2. The molecule has 0 aliphatic rings. The van der Waals surface area contributed by atoms with E-state index >= 15 is 0 Å². The third-order valence-electron chi connectivity index (χ3n) is 2.60. The quantitative estimate of drug-likeness (QED) is 0.920. The van der Waals surface area contributed by atoms with Crippen LogP contribution in [-0.2, 0) is 9.84 Å². The molecule has 1 N–H and O–H groups in total. The average molecular weight is 261 g/mol. The molecule has 4 heteroatoms. The molecule has 18 heavy (non-hydrogen) atoms. The van der Waals surface area contributed by atoms with E-state index in [1.165, 1.54) is 0 Å². The van der Waals surface area contributed by atoms with Crippen LogP contribution in [0.25, 0.3) is 0 Å². The molecule has 0 amide bonds. The monoisotopic (exact) mass is 261 g/mol. The minimum atomic E-state index is -3.45. The van der Waals surface area contributed by atoms with E-state index in [0.717, 1.165) is 0 Å². The summed E-state index contributed by atoms with van der Waals surface area (Å²) in [4.78, 5) is 0.633. The van der Waals surface area contributed by atoms with Gasteiger partial charge in [0.1, 0.15) is 0 Å². The van der Waals surface area contributed by atoms with Gasteiger partial charge in [-0.05, 0) is 31.2 Å². The van der Waals surface area contributed by atoms with Gasteiger partial charge in [-0.2, -0.15) is 0 Å². The number of hydrogen-bond acceptors (Lipinski definition) is 3. The van der Waals surface area contributed by atoms with Crippen molar-refractivity contribution in [3.8, 4) is 0 Å². The van der Waals surface area contributed by atoms with Gasteiger partial charge in [0, 0.05) is 6.54 Å². The van der Waals surface area contributed by atoms with Crippen LogP contribution >= 0.6 is 0 Å². The summed E-state index contributed by atoms with van der Waals surface area (Å²) >= 11 is 0. The number of sulfone groups is 1. The molecule has 2 rings (SSSR count). The van der Waals surface area contributed by atoms with Crippen molar-refractivity contribution in [2.24, 2.45) is 0 Å². The molecule has 3 nitrogen and oxygen atoms in total. The summed E-state index contributed by atoms with van der Waals surface area (Å²) in [7, 11) is -3.45. The van der Waals surface area contributed by atoms with E-state index in [4.69, 9.17) is 0 Å². The molecule has 0 saturated carbocycles. The number of rotatable bonds is 4. The maximum absolute atomic E-state index is 12.5. The van der Waals surface area contributed by atoms with Crippen LogP contribution in [0.4, 0.5) is 5.69 Å². The lowest BCUT2D eigenvalue weighted by molar-refractivity contribution is 0.596. The van der Waals surface area contributed by atoms with Gasteiger partial charge in [-0.1, -0.05) is 30.3 Å². The van der Waals surface area contributed by atoms with Gasteiger partial charge in [0.25, 0.3) is 0 Å². The minimum Gasteiger partial charge on any atom is -0.384 e. The van der Waals surface area contributed by atoms with E-state index in [9.17, 15) is 8.42 Å². The highest BCUT2D eigenvalue weighted by atomic mass is 32.2. The first-order valence-corrected chi connectivity index (χ1v) is 7.27. The standard InChI is InChI=1S/C14H15NO2S/c1-2-15-13-10-6-7-11-14(13)18(16,17)12-8-4-3-5-9-12/h3-11,15H,2H2,1H3. The van der Waals surface area contributed by atoms with E-state index < -0.39 is 9.84 Å². The van der Waals surface area contributed by atoms with Gasteiger partial charge in [0.15, 0.2) is 0 Å². The fourth-order valence-electron chi connectivity index (χ4n) is 1.76. The summed E-state index contributed by atoms with van der Waals surface area (Å²) in [6, 6.07) is 15.4. The zero-order valence-electron chi connectivity index (χ0n) is 10.1. The Labute approximate surface area is 107 Å². The van der Waals surface area contributed by atoms with Crippen LogP contribution in [0.5, 0.6) is 0 Å². The Hall–Kier alpha value is -1.81.